The Hall–Kier alpha value is -3.33. The number of carbonyl (C=O) groups excluding carboxylic acids is 2. The van der Waals surface area contributed by atoms with E-state index in [0.29, 0.717) is 29.9 Å². The standard InChI is InChI=1S/C20H20N4O2/c1-15(25)23-8-10-24(11-9-23)19-7-3-6-18(13-19)22-20(26)17-5-2-4-16(12-17)14-21/h2-7,12-13H,8-11H2,1H3,(H,22,26). The maximum atomic E-state index is 12.4. The first kappa shape index (κ1) is 17.5. The summed E-state index contributed by atoms with van der Waals surface area (Å²) in [5.74, 6) is -0.147. The van der Waals surface area contributed by atoms with Crippen LogP contribution >= 0.6 is 0 Å². The number of piperazine rings is 1. The van der Waals surface area contributed by atoms with Crippen LogP contribution in [0.3, 0.4) is 0 Å². The molecule has 0 atom stereocenters. The third-order valence-corrected chi connectivity index (χ3v) is 4.45. The molecule has 0 aromatic heterocycles. The predicted molar refractivity (Wildman–Crippen MR) is 100 cm³/mol. The fourth-order valence-electron chi connectivity index (χ4n) is 2.99. The van der Waals surface area contributed by atoms with Gasteiger partial charge in [0.1, 0.15) is 0 Å². The summed E-state index contributed by atoms with van der Waals surface area (Å²) in [5.41, 5.74) is 2.61. The van der Waals surface area contributed by atoms with Crippen LogP contribution in [-0.4, -0.2) is 42.9 Å². The van der Waals surface area contributed by atoms with Crippen LogP contribution in [0.1, 0.15) is 22.8 Å². The maximum absolute atomic E-state index is 12.4. The number of benzene rings is 2. The van der Waals surface area contributed by atoms with Gasteiger partial charge >= 0.3 is 0 Å². The second kappa shape index (κ2) is 7.70. The fourth-order valence-corrected chi connectivity index (χ4v) is 2.99. The summed E-state index contributed by atoms with van der Waals surface area (Å²) >= 11 is 0. The van der Waals surface area contributed by atoms with Gasteiger partial charge in [-0.15, -0.1) is 0 Å². The van der Waals surface area contributed by atoms with Gasteiger partial charge in [-0.05, 0) is 36.4 Å². The van der Waals surface area contributed by atoms with Gasteiger partial charge in [0.05, 0.1) is 11.6 Å². The second-order valence-electron chi connectivity index (χ2n) is 6.19. The van der Waals surface area contributed by atoms with Crippen molar-refractivity contribution in [3.63, 3.8) is 0 Å². The molecule has 0 aliphatic carbocycles. The molecule has 1 aliphatic rings. The summed E-state index contributed by atoms with van der Waals surface area (Å²) in [4.78, 5) is 27.9. The molecule has 2 amide bonds. The summed E-state index contributed by atoms with van der Waals surface area (Å²) in [6.07, 6.45) is 0. The first-order valence-electron chi connectivity index (χ1n) is 8.49. The predicted octanol–water partition coefficient (Wildman–Crippen LogP) is 2.48. The van der Waals surface area contributed by atoms with E-state index in [4.69, 9.17) is 5.26 Å². The number of amides is 2. The molecule has 6 heteroatoms. The number of rotatable bonds is 3. The fraction of sp³-hybridized carbons (Fsp3) is 0.250. The Balaban J connectivity index is 1.69. The van der Waals surface area contributed by atoms with Crippen molar-refractivity contribution >= 4 is 23.2 Å². The van der Waals surface area contributed by atoms with Crippen LogP contribution in [0.4, 0.5) is 11.4 Å². The monoisotopic (exact) mass is 348 g/mol. The molecule has 0 spiro atoms. The van der Waals surface area contributed by atoms with Crippen LogP contribution in [0, 0.1) is 11.3 Å². The van der Waals surface area contributed by atoms with E-state index < -0.39 is 0 Å². The van der Waals surface area contributed by atoms with Gasteiger partial charge in [0.2, 0.25) is 5.91 Å². The Bertz CT molecular complexity index is 864. The first-order chi connectivity index (χ1) is 12.6. The van der Waals surface area contributed by atoms with Crippen LogP contribution in [0.25, 0.3) is 0 Å². The zero-order valence-electron chi connectivity index (χ0n) is 14.6. The highest BCUT2D eigenvalue weighted by molar-refractivity contribution is 6.04. The van der Waals surface area contributed by atoms with Gasteiger partial charge in [0, 0.05) is 50.0 Å². The molecule has 26 heavy (non-hydrogen) atoms. The third-order valence-electron chi connectivity index (χ3n) is 4.45. The SMILES string of the molecule is CC(=O)N1CCN(c2cccc(NC(=O)c3cccc(C#N)c3)c2)CC1. The van der Waals surface area contributed by atoms with Crippen molar-refractivity contribution in [1.29, 1.82) is 5.26 Å². The van der Waals surface area contributed by atoms with Gasteiger partial charge in [-0.3, -0.25) is 9.59 Å². The Morgan fingerprint density at radius 2 is 1.77 bits per heavy atom. The minimum atomic E-state index is -0.249. The molecule has 0 unspecified atom stereocenters. The minimum Gasteiger partial charge on any atom is -0.368 e. The maximum Gasteiger partial charge on any atom is 0.255 e. The van der Waals surface area contributed by atoms with E-state index in [1.54, 1.807) is 31.2 Å². The van der Waals surface area contributed by atoms with E-state index in [1.807, 2.05) is 35.2 Å². The van der Waals surface area contributed by atoms with Gasteiger partial charge in [0.25, 0.3) is 5.91 Å². The molecule has 1 N–H and O–H groups in total. The number of carbonyl (C=O) groups is 2. The second-order valence-corrected chi connectivity index (χ2v) is 6.19. The van der Waals surface area contributed by atoms with E-state index >= 15 is 0 Å². The van der Waals surface area contributed by atoms with Crippen molar-refractivity contribution in [1.82, 2.24) is 4.90 Å². The van der Waals surface area contributed by atoms with E-state index in [-0.39, 0.29) is 11.8 Å². The number of hydrogen-bond acceptors (Lipinski definition) is 4. The minimum absolute atomic E-state index is 0.102. The molecular formula is C20H20N4O2. The Morgan fingerprint density at radius 3 is 2.46 bits per heavy atom. The molecule has 1 heterocycles. The van der Waals surface area contributed by atoms with Crippen molar-refractivity contribution in [2.45, 2.75) is 6.92 Å². The molecule has 0 saturated carbocycles. The normalized spacial score (nSPS) is 13.8. The van der Waals surface area contributed by atoms with Gasteiger partial charge in [-0.25, -0.2) is 0 Å². The van der Waals surface area contributed by atoms with E-state index in [2.05, 4.69) is 10.2 Å². The number of nitrogens with zero attached hydrogens (tertiary/aromatic N) is 3. The number of hydrogen-bond donors (Lipinski definition) is 1. The Kier molecular flexibility index (Phi) is 5.18. The summed E-state index contributed by atoms with van der Waals surface area (Å²) in [5, 5.41) is 11.8. The number of nitrogens with one attached hydrogen (secondary N) is 1. The highest BCUT2D eigenvalue weighted by Crippen LogP contribution is 2.21. The summed E-state index contributed by atoms with van der Waals surface area (Å²) in [7, 11) is 0. The summed E-state index contributed by atoms with van der Waals surface area (Å²) < 4.78 is 0. The first-order valence-corrected chi connectivity index (χ1v) is 8.49. The lowest BCUT2D eigenvalue weighted by Gasteiger charge is -2.35. The van der Waals surface area contributed by atoms with Crippen molar-refractivity contribution in [2.75, 3.05) is 36.4 Å². The molecule has 1 saturated heterocycles. The zero-order chi connectivity index (χ0) is 18.5. The van der Waals surface area contributed by atoms with Crippen molar-refractivity contribution in [3.05, 3.63) is 59.7 Å². The quantitative estimate of drug-likeness (QED) is 0.924. The summed E-state index contributed by atoms with van der Waals surface area (Å²) in [6, 6.07) is 16.3. The molecule has 0 bridgehead atoms. The molecule has 1 fully saturated rings. The average Bonchev–Trinajstić information content (AvgIpc) is 2.68. The van der Waals surface area contributed by atoms with Gasteiger partial charge in [0.15, 0.2) is 0 Å². The molecular weight excluding hydrogens is 328 g/mol. The van der Waals surface area contributed by atoms with Crippen molar-refractivity contribution in [2.24, 2.45) is 0 Å². The van der Waals surface area contributed by atoms with E-state index in [9.17, 15) is 9.59 Å². The van der Waals surface area contributed by atoms with Crippen molar-refractivity contribution in [3.8, 4) is 6.07 Å². The van der Waals surface area contributed by atoms with E-state index in [1.165, 1.54) is 0 Å². The topological polar surface area (TPSA) is 76.4 Å². The van der Waals surface area contributed by atoms with Crippen LogP contribution in [0.15, 0.2) is 48.5 Å². The summed E-state index contributed by atoms with van der Waals surface area (Å²) in [6.45, 7) is 4.52. The third kappa shape index (κ3) is 4.01. The largest absolute Gasteiger partial charge is 0.368 e. The van der Waals surface area contributed by atoms with Crippen LogP contribution in [-0.2, 0) is 4.79 Å². The molecule has 2 aromatic carbocycles. The average molecular weight is 348 g/mol. The van der Waals surface area contributed by atoms with Crippen LogP contribution < -0.4 is 10.2 Å². The zero-order valence-corrected chi connectivity index (χ0v) is 14.6. The number of anilines is 2. The van der Waals surface area contributed by atoms with E-state index in [0.717, 1.165) is 18.8 Å². The van der Waals surface area contributed by atoms with Crippen LogP contribution in [0.2, 0.25) is 0 Å². The molecule has 132 valence electrons. The smallest absolute Gasteiger partial charge is 0.255 e. The highest BCUT2D eigenvalue weighted by atomic mass is 16.2. The van der Waals surface area contributed by atoms with Crippen molar-refractivity contribution < 1.29 is 9.59 Å². The van der Waals surface area contributed by atoms with Crippen LogP contribution in [0.5, 0.6) is 0 Å². The molecule has 2 aromatic rings. The highest BCUT2D eigenvalue weighted by Gasteiger charge is 2.19. The molecule has 0 radical (unpaired) electrons. The number of nitriles is 1. The lowest BCUT2D eigenvalue weighted by molar-refractivity contribution is -0.129. The molecule has 6 nitrogen and oxygen atoms in total. The Morgan fingerprint density at radius 1 is 1.04 bits per heavy atom. The lowest BCUT2D eigenvalue weighted by Crippen LogP contribution is -2.48. The van der Waals surface area contributed by atoms with Gasteiger partial charge in [-0.2, -0.15) is 5.26 Å². The van der Waals surface area contributed by atoms with Gasteiger partial charge < -0.3 is 15.1 Å². The van der Waals surface area contributed by atoms with Gasteiger partial charge in [-0.1, -0.05) is 12.1 Å². The molecule has 1 aliphatic heterocycles. The Labute approximate surface area is 152 Å². The molecule has 3 rings (SSSR count). The lowest BCUT2D eigenvalue weighted by atomic mass is 10.1.